The van der Waals surface area contributed by atoms with Crippen LogP contribution < -0.4 is 10.5 Å². The lowest BCUT2D eigenvalue weighted by Crippen LogP contribution is -2.39. The van der Waals surface area contributed by atoms with Gasteiger partial charge < -0.3 is 15.4 Å². The standard InChI is InChI=1S/C14H18F2N2O2/c1-9(14(19)18-5-4-10(7-17)8-18)20-11-2-3-12(15)13(16)6-11/h2-3,6,9-10H,4-5,7-8,17H2,1H3/t9-,10+/m1/s1. The van der Waals surface area contributed by atoms with E-state index in [-0.39, 0.29) is 11.7 Å². The topological polar surface area (TPSA) is 55.6 Å². The normalized spacial score (nSPS) is 20.0. The van der Waals surface area contributed by atoms with Crippen LogP contribution in [-0.2, 0) is 4.79 Å². The van der Waals surface area contributed by atoms with Crippen LogP contribution in [0.1, 0.15) is 13.3 Å². The fraction of sp³-hybridized carbons (Fsp3) is 0.500. The molecule has 1 aromatic carbocycles. The molecule has 1 saturated heterocycles. The van der Waals surface area contributed by atoms with E-state index in [2.05, 4.69) is 0 Å². The largest absolute Gasteiger partial charge is 0.481 e. The second-order valence-corrected chi connectivity index (χ2v) is 5.01. The van der Waals surface area contributed by atoms with Gasteiger partial charge in [0, 0.05) is 19.2 Å². The number of rotatable bonds is 4. The number of halogens is 2. The molecule has 1 aliphatic heterocycles. The van der Waals surface area contributed by atoms with Crippen molar-refractivity contribution < 1.29 is 18.3 Å². The molecule has 0 saturated carbocycles. The van der Waals surface area contributed by atoms with Crippen molar-refractivity contribution in [3.05, 3.63) is 29.8 Å². The molecule has 0 aliphatic carbocycles. The van der Waals surface area contributed by atoms with E-state index in [1.807, 2.05) is 0 Å². The predicted octanol–water partition coefficient (Wildman–Crippen LogP) is 1.54. The number of nitrogens with zero attached hydrogens (tertiary/aromatic N) is 1. The van der Waals surface area contributed by atoms with Crippen molar-refractivity contribution in [2.45, 2.75) is 19.4 Å². The van der Waals surface area contributed by atoms with Gasteiger partial charge in [0.2, 0.25) is 0 Å². The Morgan fingerprint density at radius 3 is 2.85 bits per heavy atom. The van der Waals surface area contributed by atoms with Gasteiger partial charge in [0.1, 0.15) is 5.75 Å². The molecule has 110 valence electrons. The number of carbonyl (C=O) groups excluding carboxylic acids is 1. The molecular formula is C14H18F2N2O2. The molecule has 0 aromatic heterocycles. The maximum Gasteiger partial charge on any atom is 0.263 e. The highest BCUT2D eigenvalue weighted by molar-refractivity contribution is 5.81. The summed E-state index contributed by atoms with van der Waals surface area (Å²) in [5.74, 6) is -1.63. The smallest absolute Gasteiger partial charge is 0.263 e. The van der Waals surface area contributed by atoms with Crippen molar-refractivity contribution in [2.24, 2.45) is 11.7 Å². The first-order valence-electron chi connectivity index (χ1n) is 6.62. The van der Waals surface area contributed by atoms with E-state index in [4.69, 9.17) is 10.5 Å². The Labute approximate surface area is 116 Å². The molecule has 0 radical (unpaired) electrons. The first kappa shape index (κ1) is 14.7. The van der Waals surface area contributed by atoms with Gasteiger partial charge in [0.25, 0.3) is 5.91 Å². The third-order valence-corrected chi connectivity index (χ3v) is 3.48. The van der Waals surface area contributed by atoms with Crippen LogP contribution >= 0.6 is 0 Å². The van der Waals surface area contributed by atoms with Crippen LogP contribution in [0.3, 0.4) is 0 Å². The second-order valence-electron chi connectivity index (χ2n) is 5.01. The maximum absolute atomic E-state index is 13.1. The molecular weight excluding hydrogens is 266 g/mol. The Morgan fingerprint density at radius 2 is 2.25 bits per heavy atom. The monoisotopic (exact) mass is 284 g/mol. The quantitative estimate of drug-likeness (QED) is 0.912. The molecule has 6 heteroatoms. The summed E-state index contributed by atoms with van der Waals surface area (Å²) in [4.78, 5) is 13.9. The molecule has 4 nitrogen and oxygen atoms in total. The molecule has 0 bridgehead atoms. The number of hydrogen-bond donors (Lipinski definition) is 1. The van der Waals surface area contributed by atoms with Crippen LogP contribution in [0.2, 0.25) is 0 Å². The molecule has 0 spiro atoms. The summed E-state index contributed by atoms with van der Waals surface area (Å²) in [6.07, 6.45) is 0.150. The highest BCUT2D eigenvalue weighted by Gasteiger charge is 2.29. The van der Waals surface area contributed by atoms with Gasteiger partial charge in [-0.15, -0.1) is 0 Å². The van der Waals surface area contributed by atoms with E-state index in [0.717, 1.165) is 18.6 Å². The summed E-state index contributed by atoms with van der Waals surface area (Å²) in [6, 6.07) is 3.21. The minimum absolute atomic E-state index is 0.138. The van der Waals surface area contributed by atoms with E-state index >= 15 is 0 Å². The van der Waals surface area contributed by atoms with Crippen LogP contribution in [-0.4, -0.2) is 36.5 Å². The fourth-order valence-electron chi connectivity index (χ4n) is 2.29. The predicted molar refractivity (Wildman–Crippen MR) is 70.2 cm³/mol. The van der Waals surface area contributed by atoms with E-state index in [9.17, 15) is 13.6 Å². The lowest BCUT2D eigenvalue weighted by molar-refractivity contribution is -0.137. The van der Waals surface area contributed by atoms with Gasteiger partial charge in [0.15, 0.2) is 17.7 Å². The first-order chi connectivity index (χ1) is 9.51. The van der Waals surface area contributed by atoms with Crippen molar-refractivity contribution in [3.63, 3.8) is 0 Å². The van der Waals surface area contributed by atoms with Crippen LogP contribution in [0.25, 0.3) is 0 Å². The summed E-state index contributed by atoms with van der Waals surface area (Å²) < 4.78 is 31.2. The van der Waals surface area contributed by atoms with Crippen LogP contribution in [0.4, 0.5) is 8.78 Å². The highest BCUT2D eigenvalue weighted by Crippen LogP contribution is 2.20. The molecule has 2 atom stereocenters. The van der Waals surface area contributed by atoms with E-state index < -0.39 is 17.7 Å². The van der Waals surface area contributed by atoms with Crippen LogP contribution in [0.5, 0.6) is 5.75 Å². The lowest BCUT2D eigenvalue weighted by atomic mass is 10.1. The Bertz CT molecular complexity index is 496. The first-order valence-corrected chi connectivity index (χ1v) is 6.62. The van der Waals surface area contributed by atoms with Gasteiger partial charge in [-0.05, 0) is 37.9 Å². The molecule has 1 aliphatic rings. The number of nitrogens with two attached hydrogens (primary N) is 1. The molecule has 0 unspecified atom stereocenters. The summed E-state index contributed by atoms with van der Waals surface area (Å²) in [5.41, 5.74) is 5.58. The number of amides is 1. The molecule has 2 rings (SSSR count). The fourth-order valence-corrected chi connectivity index (χ4v) is 2.29. The van der Waals surface area contributed by atoms with Gasteiger partial charge >= 0.3 is 0 Å². The highest BCUT2D eigenvalue weighted by atomic mass is 19.2. The lowest BCUT2D eigenvalue weighted by Gasteiger charge is -2.21. The van der Waals surface area contributed by atoms with E-state index in [0.29, 0.717) is 25.6 Å². The van der Waals surface area contributed by atoms with E-state index in [1.165, 1.54) is 6.07 Å². The van der Waals surface area contributed by atoms with E-state index in [1.54, 1.807) is 11.8 Å². The molecule has 1 heterocycles. The van der Waals surface area contributed by atoms with Crippen molar-refractivity contribution in [1.29, 1.82) is 0 Å². The minimum atomic E-state index is -0.994. The van der Waals surface area contributed by atoms with Crippen molar-refractivity contribution in [1.82, 2.24) is 4.90 Å². The average molecular weight is 284 g/mol. The van der Waals surface area contributed by atoms with Crippen molar-refractivity contribution >= 4 is 5.91 Å². The van der Waals surface area contributed by atoms with Gasteiger partial charge in [-0.3, -0.25) is 4.79 Å². The zero-order chi connectivity index (χ0) is 14.7. The van der Waals surface area contributed by atoms with Crippen LogP contribution in [0.15, 0.2) is 18.2 Å². The number of carbonyl (C=O) groups is 1. The second kappa shape index (κ2) is 6.17. The number of hydrogen-bond acceptors (Lipinski definition) is 3. The number of ether oxygens (including phenoxy) is 1. The summed E-state index contributed by atoms with van der Waals surface area (Å²) >= 11 is 0. The van der Waals surface area contributed by atoms with Gasteiger partial charge in [0.05, 0.1) is 0 Å². The third kappa shape index (κ3) is 3.25. The molecule has 1 aromatic rings. The van der Waals surface area contributed by atoms with Crippen molar-refractivity contribution in [3.8, 4) is 5.75 Å². The Balaban J connectivity index is 1.95. The maximum atomic E-state index is 13.1. The Kier molecular flexibility index (Phi) is 4.54. The summed E-state index contributed by atoms with van der Waals surface area (Å²) in [5, 5.41) is 0. The summed E-state index contributed by atoms with van der Waals surface area (Å²) in [6.45, 7) is 3.44. The third-order valence-electron chi connectivity index (χ3n) is 3.48. The summed E-state index contributed by atoms with van der Waals surface area (Å²) in [7, 11) is 0. The zero-order valence-electron chi connectivity index (χ0n) is 11.3. The number of likely N-dealkylation sites (tertiary alicyclic amines) is 1. The zero-order valence-corrected chi connectivity index (χ0v) is 11.3. The average Bonchev–Trinajstić information content (AvgIpc) is 2.91. The van der Waals surface area contributed by atoms with Crippen molar-refractivity contribution in [2.75, 3.05) is 19.6 Å². The molecule has 1 amide bonds. The Morgan fingerprint density at radius 1 is 1.50 bits per heavy atom. The molecule has 20 heavy (non-hydrogen) atoms. The Hall–Kier alpha value is -1.69. The van der Waals surface area contributed by atoms with Gasteiger partial charge in [-0.1, -0.05) is 0 Å². The van der Waals surface area contributed by atoms with Gasteiger partial charge in [-0.25, -0.2) is 8.78 Å². The SMILES string of the molecule is C[C@@H](Oc1ccc(F)c(F)c1)C(=O)N1CC[C@@H](CN)C1. The van der Waals surface area contributed by atoms with Crippen LogP contribution in [0, 0.1) is 17.6 Å². The molecule has 2 N–H and O–H groups in total. The minimum Gasteiger partial charge on any atom is -0.481 e. The molecule has 1 fully saturated rings. The van der Waals surface area contributed by atoms with Gasteiger partial charge in [-0.2, -0.15) is 0 Å². The number of benzene rings is 1.